The molecule has 2 rings (SSSR count). The number of nitrogens with zero attached hydrogens (tertiary/aromatic N) is 4. The van der Waals surface area contributed by atoms with Crippen molar-refractivity contribution in [2.45, 2.75) is 25.6 Å². The van der Waals surface area contributed by atoms with Crippen LogP contribution in [0.15, 0.2) is 18.3 Å². The maximum absolute atomic E-state index is 11.6. The molecule has 1 aromatic heterocycles. The lowest BCUT2D eigenvalue weighted by Gasteiger charge is -2.43. The van der Waals surface area contributed by atoms with Crippen LogP contribution in [0.5, 0.6) is 0 Å². The van der Waals surface area contributed by atoms with E-state index in [1.54, 1.807) is 32.4 Å². The quantitative estimate of drug-likeness (QED) is 0.802. The Bertz CT molecular complexity index is 625. The maximum atomic E-state index is 11.6. The van der Waals surface area contributed by atoms with Crippen LogP contribution in [0.1, 0.15) is 19.4 Å². The largest absolute Gasteiger partial charge is 0.369 e. The van der Waals surface area contributed by atoms with Crippen molar-refractivity contribution in [3.63, 3.8) is 0 Å². The van der Waals surface area contributed by atoms with Crippen molar-refractivity contribution in [1.82, 2.24) is 9.88 Å². The smallest absolute Gasteiger partial charge is 0.248 e. The Kier molecular flexibility index (Phi) is 5.75. The Balaban J connectivity index is 2.04. The van der Waals surface area contributed by atoms with Gasteiger partial charge in [0.05, 0.1) is 23.9 Å². The SMILES string of the molecule is CN(C)C(=O)COC[C@H]1CN(c2ncccc2C#N)CC(C)(C)O1. The van der Waals surface area contributed by atoms with Crippen LogP contribution in [-0.4, -0.2) is 67.9 Å². The van der Waals surface area contributed by atoms with E-state index in [1.165, 1.54) is 4.90 Å². The highest BCUT2D eigenvalue weighted by Gasteiger charge is 2.35. The first-order valence-electron chi connectivity index (χ1n) is 7.88. The second-order valence-electron chi connectivity index (χ2n) is 6.67. The monoisotopic (exact) mass is 332 g/mol. The average Bonchev–Trinajstić information content (AvgIpc) is 2.53. The molecule has 1 amide bonds. The van der Waals surface area contributed by atoms with Crippen LogP contribution in [0.2, 0.25) is 0 Å². The highest BCUT2D eigenvalue weighted by Crippen LogP contribution is 2.26. The molecule has 0 aliphatic carbocycles. The number of anilines is 1. The summed E-state index contributed by atoms with van der Waals surface area (Å²) in [6, 6.07) is 5.69. The van der Waals surface area contributed by atoms with E-state index in [0.29, 0.717) is 31.1 Å². The van der Waals surface area contributed by atoms with Crippen LogP contribution in [0, 0.1) is 11.3 Å². The van der Waals surface area contributed by atoms with Crippen molar-refractivity contribution in [2.24, 2.45) is 0 Å². The number of carbonyl (C=O) groups is 1. The Morgan fingerprint density at radius 2 is 2.33 bits per heavy atom. The Morgan fingerprint density at radius 1 is 1.58 bits per heavy atom. The zero-order chi connectivity index (χ0) is 17.7. The van der Waals surface area contributed by atoms with Crippen LogP contribution in [-0.2, 0) is 14.3 Å². The summed E-state index contributed by atoms with van der Waals surface area (Å²) in [6.07, 6.45) is 1.48. The normalized spacial score (nSPS) is 19.6. The molecule has 0 unspecified atom stereocenters. The molecule has 0 bridgehead atoms. The molecule has 24 heavy (non-hydrogen) atoms. The van der Waals surface area contributed by atoms with E-state index >= 15 is 0 Å². The van der Waals surface area contributed by atoms with Gasteiger partial charge < -0.3 is 19.3 Å². The summed E-state index contributed by atoms with van der Waals surface area (Å²) in [6.45, 7) is 5.52. The van der Waals surface area contributed by atoms with Crippen LogP contribution in [0.3, 0.4) is 0 Å². The van der Waals surface area contributed by atoms with E-state index in [-0.39, 0.29) is 18.6 Å². The van der Waals surface area contributed by atoms with Gasteiger partial charge in [-0.3, -0.25) is 4.79 Å². The van der Waals surface area contributed by atoms with Crippen LogP contribution in [0.4, 0.5) is 5.82 Å². The molecule has 7 nitrogen and oxygen atoms in total. The zero-order valence-electron chi connectivity index (χ0n) is 14.7. The van der Waals surface area contributed by atoms with Gasteiger partial charge in [0, 0.05) is 33.4 Å². The molecule has 1 atom stereocenters. The number of rotatable bonds is 5. The van der Waals surface area contributed by atoms with E-state index in [4.69, 9.17) is 9.47 Å². The van der Waals surface area contributed by atoms with Gasteiger partial charge in [-0.2, -0.15) is 5.26 Å². The summed E-state index contributed by atoms with van der Waals surface area (Å²) >= 11 is 0. The number of pyridine rings is 1. The minimum absolute atomic E-state index is 0.0281. The summed E-state index contributed by atoms with van der Waals surface area (Å²) in [5.41, 5.74) is 0.139. The van der Waals surface area contributed by atoms with Gasteiger partial charge in [-0.25, -0.2) is 4.98 Å². The number of nitriles is 1. The predicted molar refractivity (Wildman–Crippen MR) is 89.6 cm³/mol. The molecule has 7 heteroatoms. The third-order valence-electron chi connectivity index (χ3n) is 3.72. The molecule has 1 aliphatic rings. The van der Waals surface area contributed by atoms with Gasteiger partial charge in [-0.05, 0) is 26.0 Å². The maximum Gasteiger partial charge on any atom is 0.248 e. The Labute approximate surface area is 142 Å². The lowest BCUT2D eigenvalue weighted by molar-refractivity contribution is -0.139. The van der Waals surface area contributed by atoms with Crippen LogP contribution in [0.25, 0.3) is 0 Å². The van der Waals surface area contributed by atoms with Gasteiger partial charge in [0.2, 0.25) is 5.91 Å². The van der Waals surface area contributed by atoms with E-state index in [2.05, 4.69) is 11.1 Å². The van der Waals surface area contributed by atoms with Gasteiger partial charge in [-0.1, -0.05) is 0 Å². The van der Waals surface area contributed by atoms with Gasteiger partial charge in [0.15, 0.2) is 0 Å². The highest BCUT2D eigenvalue weighted by molar-refractivity contribution is 5.76. The fourth-order valence-corrected chi connectivity index (χ4v) is 2.69. The van der Waals surface area contributed by atoms with E-state index in [1.807, 2.05) is 18.7 Å². The highest BCUT2D eigenvalue weighted by atomic mass is 16.5. The lowest BCUT2D eigenvalue weighted by atomic mass is 10.0. The second kappa shape index (κ2) is 7.60. The molecule has 130 valence electrons. The summed E-state index contributed by atoms with van der Waals surface area (Å²) < 4.78 is 11.5. The van der Waals surface area contributed by atoms with Crippen LogP contribution >= 0.6 is 0 Å². The number of morpholine rings is 1. The number of carbonyl (C=O) groups excluding carboxylic acids is 1. The lowest BCUT2D eigenvalue weighted by Crippen LogP contribution is -2.54. The number of hydrogen-bond donors (Lipinski definition) is 0. The Hall–Kier alpha value is -2.17. The molecule has 2 heterocycles. The summed E-state index contributed by atoms with van der Waals surface area (Å²) in [5.74, 6) is 0.573. The summed E-state index contributed by atoms with van der Waals surface area (Å²) in [4.78, 5) is 19.5. The standard InChI is InChI=1S/C17H24N4O3/c1-17(2)12-21(16-13(8-18)6-5-7-19-16)9-14(24-17)10-23-11-15(22)20(3)4/h5-7,14H,9-12H2,1-4H3/t14-/m1/s1. The third-order valence-corrected chi connectivity index (χ3v) is 3.72. The molecule has 1 saturated heterocycles. The van der Waals surface area contributed by atoms with E-state index in [9.17, 15) is 10.1 Å². The first-order chi connectivity index (χ1) is 11.3. The molecular formula is C17H24N4O3. The minimum Gasteiger partial charge on any atom is -0.369 e. The molecule has 0 saturated carbocycles. The molecule has 0 aromatic carbocycles. The third kappa shape index (κ3) is 4.66. The number of amides is 1. The van der Waals surface area contributed by atoms with Gasteiger partial charge in [0.25, 0.3) is 0 Å². The predicted octanol–water partition coefficient (Wildman–Crippen LogP) is 1.04. The molecule has 1 aromatic rings. The van der Waals surface area contributed by atoms with E-state index < -0.39 is 5.60 Å². The zero-order valence-corrected chi connectivity index (χ0v) is 14.7. The molecule has 1 fully saturated rings. The van der Waals surface area contributed by atoms with Gasteiger partial charge in [-0.15, -0.1) is 0 Å². The molecule has 1 aliphatic heterocycles. The van der Waals surface area contributed by atoms with Crippen molar-refractivity contribution < 1.29 is 14.3 Å². The Morgan fingerprint density at radius 3 is 3.00 bits per heavy atom. The fourth-order valence-electron chi connectivity index (χ4n) is 2.69. The van der Waals surface area contributed by atoms with Crippen molar-refractivity contribution in [2.75, 3.05) is 45.3 Å². The number of likely N-dealkylation sites (N-methyl/N-ethyl adjacent to an activating group) is 1. The second-order valence-corrected chi connectivity index (χ2v) is 6.67. The number of ether oxygens (including phenoxy) is 2. The van der Waals surface area contributed by atoms with Gasteiger partial charge in [0.1, 0.15) is 18.5 Å². The summed E-state index contributed by atoms with van der Waals surface area (Å²) in [7, 11) is 3.39. The van der Waals surface area contributed by atoms with Crippen LogP contribution < -0.4 is 4.90 Å². The van der Waals surface area contributed by atoms with Gasteiger partial charge >= 0.3 is 0 Å². The number of hydrogen-bond acceptors (Lipinski definition) is 6. The molecular weight excluding hydrogens is 308 g/mol. The molecule has 0 radical (unpaired) electrons. The minimum atomic E-state index is -0.401. The van der Waals surface area contributed by atoms with Crippen molar-refractivity contribution >= 4 is 11.7 Å². The van der Waals surface area contributed by atoms with Crippen molar-refractivity contribution in [3.8, 4) is 6.07 Å². The fraction of sp³-hybridized carbons (Fsp3) is 0.588. The topological polar surface area (TPSA) is 78.7 Å². The number of aromatic nitrogens is 1. The van der Waals surface area contributed by atoms with Crippen molar-refractivity contribution in [3.05, 3.63) is 23.9 Å². The summed E-state index contributed by atoms with van der Waals surface area (Å²) in [5, 5.41) is 9.28. The first kappa shape index (κ1) is 18.2. The van der Waals surface area contributed by atoms with E-state index in [0.717, 1.165) is 0 Å². The first-order valence-corrected chi connectivity index (χ1v) is 7.88. The van der Waals surface area contributed by atoms with Crippen molar-refractivity contribution in [1.29, 1.82) is 5.26 Å². The molecule has 0 spiro atoms. The molecule has 0 N–H and O–H groups in total. The average molecular weight is 332 g/mol.